The Morgan fingerprint density at radius 2 is 1.92 bits per heavy atom. The summed E-state index contributed by atoms with van der Waals surface area (Å²) < 4.78 is 0. The number of rotatable bonds is 5. The van der Waals surface area contributed by atoms with Crippen molar-refractivity contribution in [2.45, 2.75) is 19.4 Å². The van der Waals surface area contributed by atoms with Crippen LogP contribution in [-0.4, -0.2) is 47.3 Å². The SMILES string of the molecule is CCc1cc2c(N3CCN(C(C=O)c4ccccc4)CC3)ncnc2s1. The molecule has 6 heteroatoms. The van der Waals surface area contributed by atoms with Crippen molar-refractivity contribution >= 4 is 33.7 Å². The third-order valence-corrected chi connectivity index (χ3v) is 6.17. The molecule has 0 radical (unpaired) electrons. The van der Waals surface area contributed by atoms with Crippen molar-refractivity contribution in [1.29, 1.82) is 0 Å². The smallest absolute Gasteiger partial charge is 0.141 e. The Kier molecular flexibility index (Phi) is 4.95. The highest BCUT2D eigenvalue weighted by molar-refractivity contribution is 7.18. The molecule has 1 aromatic carbocycles. The molecule has 0 N–H and O–H groups in total. The minimum atomic E-state index is -0.170. The number of aryl methyl sites for hydroxylation is 1. The second-order valence-corrected chi connectivity index (χ2v) is 7.61. The molecular formula is C20H22N4OS. The van der Waals surface area contributed by atoms with Crippen molar-refractivity contribution in [1.82, 2.24) is 14.9 Å². The van der Waals surface area contributed by atoms with Gasteiger partial charge in [0.2, 0.25) is 0 Å². The lowest BCUT2D eigenvalue weighted by molar-refractivity contribution is -0.112. The fraction of sp³-hybridized carbons (Fsp3) is 0.350. The van der Waals surface area contributed by atoms with Gasteiger partial charge >= 0.3 is 0 Å². The summed E-state index contributed by atoms with van der Waals surface area (Å²) in [7, 11) is 0. The molecule has 0 spiro atoms. The maximum atomic E-state index is 11.7. The van der Waals surface area contributed by atoms with Gasteiger partial charge in [0.05, 0.1) is 11.4 Å². The van der Waals surface area contributed by atoms with E-state index in [2.05, 4.69) is 32.8 Å². The second-order valence-electron chi connectivity index (χ2n) is 6.50. The van der Waals surface area contributed by atoms with Gasteiger partial charge in [-0.05, 0) is 18.1 Å². The van der Waals surface area contributed by atoms with Gasteiger partial charge in [-0.1, -0.05) is 37.3 Å². The molecule has 1 fully saturated rings. The highest BCUT2D eigenvalue weighted by atomic mass is 32.1. The molecule has 2 aromatic heterocycles. The molecule has 0 bridgehead atoms. The van der Waals surface area contributed by atoms with E-state index in [0.717, 1.165) is 60.5 Å². The number of carbonyl (C=O) groups is 1. The van der Waals surface area contributed by atoms with Crippen LogP contribution in [0.1, 0.15) is 23.4 Å². The number of nitrogens with zero attached hydrogens (tertiary/aromatic N) is 4. The van der Waals surface area contributed by atoms with Crippen molar-refractivity contribution in [3.8, 4) is 0 Å². The first kappa shape index (κ1) is 17.1. The maximum Gasteiger partial charge on any atom is 0.141 e. The van der Waals surface area contributed by atoms with Crippen molar-refractivity contribution in [2.24, 2.45) is 0 Å². The van der Waals surface area contributed by atoms with E-state index < -0.39 is 0 Å². The van der Waals surface area contributed by atoms with E-state index in [1.165, 1.54) is 4.88 Å². The summed E-state index contributed by atoms with van der Waals surface area (Å²) >= 11 is 1.75. The molecule has 4 rings (SSSR count). The van der Waals surface area contributed by atoms with Crippen LogP contribution in [0, 0.1) is 0 Å². The Morgan fingerprint density at radius 3 is 2.62 bits per heavy atom. The maximum absolute atomic E-state index is 11.7. The van der Waals surface area contributed by atoms with Crippen molar-refractivity contribution in [3.05, 3.63) is 53.2 Å². The molecule has 1 saturated heterocycles. The van der Waals surface area contributed by atoms with Crippen molar-refractivity contribution in [3.63, 3.8) is 0 Å². The lowest BCUT2D eigenvalue weighted by Gasteiger charge is -2.38. The average molecular weight is 366 g/mol. The molecule has 134 valence electrons. The van der Waals surface area contributed by atoms with Crippen LogP contribution in [0.15, 0.2) is 42.7 Å². The van der Waals surface area contributed by atoms with Gasteiger partial charge in [-0.3, -0.25) is 4.90 Å². The lowest BCUT2D eigenvalue weighted by Crippen LogP contribution is -2.48. The van der Waals surface area contributed by atoms with E-state index >= 15 is 0 Å². The Morgan fingerprint density at radius 1 is 1.15 bits per heavy atom. The van der Waals surface area contributed by atoms with Crippen molar-refractivity contribution < 1.29 is 4.79 Å². The van der Waals surface area contributed by atoms with E-state index in [0.29, 0.717) is 0 Å². The zero-order valence-corrected chi connectivity index (χ0v) is 15.7. The molecule has 0 aliphatic carbocycles. The van der Waals surface area contributed by atoms with Gasteiger partial charge < -0.3 is 9.69 Å². The van der Waals surface area contributed by atoms with Crippen LogP contribution >= 0.6 is 11.3 Å². The number of piperazine rings is 1. The predicted molar refractivity (Wildman–Crippen MR) is 106 cm³/mol. The molecule has 3 aromatic rings. The van der Waals surface area contributed by atoms with Gasteiger partial charge in [-0.15, -0.1) is 11.3 Å². The van der Waals surface area contributed by atoms with Gasteiger partial charge in [0, 0.05) is 31.1 Å². The first-order chi connectivity index (χ1) is 12.8. The van der Waals surface area contributed by atoms with Crippen LogP contribution in [0.5, 0.6) is 0 Å². The third-order valence-electron chi connectivity index (χ3n) is 4.99. The highest BCUT2D eigenvalue weighted by Crippen LogP contribution is 2.31. The van der Waals surface area contributed by atoms with Crippen LogP contribution in [-0.2, 0) is 11.2 Å². The summed E-state index contributed by atoms with van der Waals surface area (Å²) in [6.45, 7) is 5.57. The summed E-state index contributed by atoms with van der Waals surface area (Å²) in [4.78, 5) is 27.6. The highest BCUT2D eigenvalue weighted by Gasteiger charge is 2.26. The van der Waals surface area contributed by atoms with Gasteiger partial charge in [0.25, 0.3) is 0 Å². The minimum absolute atomic E-state index is 0.170. The molecular weight excluding hydrogens is 344 g/mol. The lowest BCUT2D eigenvalue weighted by atomic mass is 10.1. The van der Waals surface area contributed by atoms with Crippen molar-refractivity contribution in [2.75, 3.05) is 31.1 Å². The monoisotopic (exact) mass is 366 g/mol. The summed E-state index contributed by atoms with van der Waals surface area (Å²) in [6.07, 6.45) is 3.74. The number of hydrogen-bond donors (Lipinski definition) is 0. The fourth-order valence-electron chi connectivity index (χ4n) is 3.56. The first-order valence-electron chi connectivity index (χ1n) is 9.02. The number of carbonyl (C=O) groups excluding carboxylic acids is 1. The third kappa shape index (κ3) is 3.22. The molecule has 1 atom stereocenters. The minimum Gasteiger partial charge on any atom is -0.353 e. The molecule has 1 aliphatic rings. The zero-order valence-electron chi connectivity index (χ0n) is 14.8. The van der Waals surface area contributed by atoms with E-state index in [1.54, 1.807) is 17.7 Å². The second kappa shape index (κ2) is 7.51. The summed E-state index contributed by atoms with van der Waals surface area (Å²) in [6, 6.07) is 12.1. The standard InChI is InChI=1S/C20H22N4OS/c1-2-16-12-17-19(21-14-22-20(17)26-16)24-10-8-23(9-11-24)18(13-25)15-6-4-3-5-7-15/h3-7,12-14,18H,2,8-11H2,1H3. The summed E-state index contributed by atoms with van der Waals surface area (Å²) in [5, 5.41) is 1.15. The summed E-state index contributed by atoms with van der Waals surface area (Å²) in [5.41, 5.74) is 1.06. The molecule has 5 nitrogen and oxygen atoms in total. The Labute approximate surface area is 157 Å². The Bertz CT molecular complexity index is 887. The van der Waals surface area contributed by atoms with Crippen LogP contribution in [0.2, 0.25) is 0 Å². The fourth-order valence-corrected chi connectivity index (χ4v) is 4.49. The van der Waals surface area contributed by atoms with Gasteiger partial charge in [-0.2, -0.15) is 0 Å². The van der Waals surface area contributed by atoms with E-state index in [4.69, 9.17) is 0 Å². The van der Waals surface area contributed by atoms with Crippen LogP contribution < -0.4 is 4.90 Å². The molecule has 1 aliphatic heterocycles. The number of thiophene rings is 1. The van der Waals surface area contributed by atoms with Crippen LogP contribution in [0.3, 0.4) is 0 Å². The number of benzene rings is 1. The van der Waals surface area contributed by atoms with Gasteiger partial charge in [-0.25, -0.2) is 9.97 Å². The topological polar surface area (TPSA) is 49.3 Å². The number of aldehydes is 1. The normalized spacial score (nSPS) is 16.7. The van der Waals surface area contributed by atoms with E-state index in [1.807, 2.05) is 30.3 Å². The molecule has 0 amide bonds. The number of aromatic nitrogens is 2. The van der Waals surface area contributed by atoms with E-state index in [-0.39, 0.29) is 6.04 Å². The first-order valence-corrected chi connectivity index (χ1v) is 9.84. The largest absolute Gasteiger partial charge is 0.353 e. The van der Waals surface area contributed by atoms with E-state index in [9.17, 15) is 4.79 Å². The summed E-state index contributed by atoms with van der Waals surface area (Å²) in [5.74, 6) is 1.02. The number of hydrogen-bond acceptors (Lipinski definition) is 6. The Balaban J connectivity index is 1.52. The molecule has 1 unspecified atom stereocenters. The Hall–Kier alpha value is -2.31. The number of anilines is 1. The van der Waals surface area contributed by atoms with Crippen LogP contribution in [0.25, 0.3) is 10.2 Å². The van der Waals surface area contributed by atoms with Gasteiger partial charge in [0.15, 0.2) is 0 Å². The quantitative estimate of drug-likeness (QED) is 0.649. The molecule has 3 heterocycles. The van der Waals surface area contributed by atoms with Gasteiger partial charge in [0.1, 0.15) is 23.3 Å². The predicted octanol–water partition coefficient (Wildman–Crippen LogP) is 3.32. The molecule has 26 heavy (non-hydrogen) atoms. The van der Waals surface area contributed by atoms with Crippen LogP contribution in [0.4, 0.5) is 5.82 Å². The zero-order chi connectivity index (χ0) is 17.9. The molecule has 0 saturated carbocycles. The number of fused-ring (bicyclic) bond motifs is 1. The average Bonchev–Trinajstić information content (AvgIpc) is 3.13.